The molecule has 0 bridgehead atoms. The fourth-order valence-corrected chi connectivity index (χ4v) is 1.44. The van der Waals surface area contributed by atoms with Crippen molar-refractivity contribution in [3.05, 3.63) is 29.3 Å². The lowest BCUT2D eigenvalue weighted by atomic mass is 10.2. The van der Waals surface area contributed by atoms with E-state index in [1.807, 2.05) is 0 Å². The van der Waals surface area contributed by atoms with Crippen LogP contribution in [0.3, 0.4) is 0 Å². The number of amides is 2. The summed E-state index contributed by atoms with van der Waals surface area (Å²) in [5.41, 5.74) is 0.655. The van der Waals surface area contributed by atoms with Crippen LogP contribution in [-0.4, -0.2) is 23.7 Å². The van der Waals surface area contributed by atoms with Crippen LogP contribution in [0.15, 0.2) is 24.3 Å². The Bertz CT molecular complexity index is 406. The zero-order valence-corrected chi connectivity index (χ0v) is 10.5. The van der Waals surface area contributed by atoms with E-state index in [1.165, 1.54) is 0 Å². The third kappa shape index (κ3) is 6.10. The molecule has 0 fully saturated rings. The van der Waals surface area contributed by atoms with Crippen LogP contribution in [0.4, 0.5) is 10.5 Å². The Kier molecular flexibility index (Phi) is 6.00. The zero-order chi connectivity index (χ0) is 13.4. The van der Waals surface area contributed by atoms with E-state index in [9.17, 15) is 9.59 Å². The number of carbonyl (C=O) groups is 2. The van der Waals surface area contributed by atoms with Crippen LogP contribution in [0.5, 0.6) is 0 Å². The molecule has 1 aromatic carbocycles. The quantitative estimate of drug-likeness (QED) is 0.696. The maximum atomic E-state index is 11.4. The number of carboxylic acid groups (broad SMARTS) is 1. The molecule has 1 rings (SSSR count). The first-order valence-electron chi connectivity index (χ1n) is 5.60. The Balaban J connectivity index is 2.17. The van der Waals surface area contributed by atoms with Crippen LogP contribution in [0.25, 0.3) is 0 Å². The van der Waals surface area contributed by atoms with Gasteiger partial charge in [0.05, 0.1) is 0 Å². The van der Waals surface area contributed by atoms with Gasteiger partial charge in [-0.15, -0.1) is 0 Å². The molecule has 0 heterocycles. The average Bonchev–Trinajstić information content (AvgIpc) is 2.31. The molecule has 18 heavy (non-hydrogen) atoms. The van der Waals surface area contributed by atoms with Crippen molar-refractivity contribution < 1.29 is 14.7 Å². The van der Waals surface area contributed by atoms with Gasteiger partial charge in [-0.05, 0) is 37.1 Å². The van der Waals surface area contributed by atoms with Crippen LogP contribution >= 0.6 is 11.6 Å². The summed E-state index contributed by atoms with van der Waals surface area (Å²) in [5.74, 6) is -0.819. The second-order valence-electron chi connectivity index (χ2n) is 3.74. The molecule has 2 amide bonds. The number of hydrogen-bond acceptors (Lipinski definition) is 2. The molecule has 5 nitrogen and oxygen atoms in total. The number of benzene rings is 1. The number of carboxylic acids is 1. The van der Waals surface area contributed by atoms with E-state index in [1.54, 1.807) is 24.3 Å². The van der Waals surface area contributed by atoms with Crippen LogP contribution in [0, 0.1) is 0 Å². The van der Waals surface area contributed by atoms with Gasteiger partial charge in [0.25, 0.3) is 0 Å². The van der Waals surface area contributed by atoms with Gasteiger partial charge >= 0.3 is 12.0 Å². The highest BCUT2D eigenvalue weighted by atomic mass is 35.5. The second kappa shape index (κ2) is 7.55. The number of anilines is 1. The first kappa shape index (κ1) is 14.3. The van der Waals surface area contributed by atoms with Gasteiger partial charge in [0.15, 0.2) is 0 Å². The van der Waals surface area contributed by atoms with E-state index in [4.69, 9.17) is 16.7 Å². The lowest BCUT2D eigenvalue weighted by Crippen LogP contribution is -2.29. The summed E-state index contributed by atoms with van der Waals surface area (Å²) in [6.07, 6.45) is 1.32. The minimum atomic E-state index is -0.819. The van der Waals surface area contributed by atoms with E-state index in [0.717, 1.165) is 0 Å². The second-order valence-corrected chi connectivity index (χ2v) is 4.18. The van der Waals surface area contributed by atoms with Crippen molar-refractivity contribution in [1.29, 1.82) is 0 Å². The largest absolute Gasteiger partial charge is 0.481 e. The minimum absolute atomic E-state index is 0.125. The van der Waals surface area contributed by atoms with Crippen molar-refractivity contribution >= 4 is 29.3 Å². The highest BCUT2D eigenvalue weighted by molar-refractivity contribution is 6.30. The van der Waals surface area contributed by atoms with Crippen LogP contribution in [0.2, 0.25) is 5.02 Å². The SMILES string of the molecule is O=C(O)CCCCNC(=O)Nc1ccc(Cl)cc1. The van der Waals surface area contributed by atoms with Gasteiger partial charge in [-0.2, -0.15) is 0 Å². The predicted octanol–water partition coefficient (Wildman–Crippen LogP) is 2.72. The van der Waals surface area contributed by atoms with Crippen molar-refractivity contribution in [1.82, 2.24) is 5.32 Å². The molecular weight excluding hydrogens is 256 g/mol. The number of nitrogens with one attached hydrogen (secondary N) is 2. The zero-order valence-electron chi connectivity index (χ0n) is 9.78. The Morgan fingerprint density at radius 1 is 1.17 bits per heavy atom. The highest BCUT2D eigenvalue weighted by Crippen LogP contribution is 2.12. The molecule has 0 aliphatic carbocycles. The van der Waals surface area contributed by atoms with Crippen LogP contribution in [0.1, 0.15) is 19.3 Å². The van der Waals surface area contributed by atoms with Gasteiger partial charge in [0, 0.05) is 23.7 Å². The van der Waals surface area contributed by atoms with Gasteiger partial charge in [0.1, 0.15) is 0 Å². The van der Waals surface area contributed by atoms with Crippen molar-refractivity contribution in [3.8, 4) is 0 Å². The van der Waals surface area contributed by atoms with Gasteiger partial charge in [0.2, 0.25) is 0 Å². The summed E-state index contributed by atoms with van der Waals surface area (Å²) in [5, 5.41) is 14.3. The van der Waals surface area contributed by atoms with Gasteiger partial charge in [-0.25, -0.2) is 4.79 Å². The summed E-state index contributed by atoms with van der Waals surface area (Å²) < 4.78 is 0. The standard InChI is InChI=1S/C12H15ClN2O3/c13-9-4-6-10(7-5-9)15-12(18)14-8-2-1-3-11(16)17/h4-7H,1-3,8H2,(H,16,17)(H2,14,15,18). The molecule has 0 atom stereocenters. The lowest BCUT2D eigenvalue weighted by molar-refractivity contribution is -0.137. The summed E-state index contributed by atoms with van der Waals surface area (Å²) in [7, 11) is 0. The summed E-state index contributed by atoms with van der Waals surface area (Å²) >= 11 is 5.72. The first-order chi connectivity index (χ1) is 8.58. The molecule has 6 heteroatoms. The molecule has 0 aliphatic heterocycles. The summed E-state index contributed by atoms with van der Waals surface area (Å²) in [4.78, 5) is 21.7. The fourth-order valence-electron chi connectivity index (χ4n) is 1.31. The number of rotatable bonds is 6. The average molecular weight is 271 g/mol. The van der Waals surface area contributed by atoms with E-state index in [2.05, 4.69) is 10.6 Å². The van der Waals surface area contributed by atoms with Crippen molar-refractivity contribution in [2.24, 2.45) is 0 Å². The normalized spacial score (nSPS) is 9.83. The van der Waals surface area contributed by atoms with E-state index in [-0.39, 0.29) is 12.5 Å². The van der Waals surface area contributed by atoms with E-state index >= 15 is 0 Å². The van der Waals surface area contributed by atoms with Gasteiger partial charge in [-0.3, -0.25) is 4.79 Å². The molecule has 3 N–H and O–H groups in total. The Morgan fingerprint density at radius 2 is 1.83 bits per heavy atom. The van der Waals surface area contributed by atoms with Crippen LogP contribution < -0.4 is 10.6 Å². The molecule has 0 saturated carbocycles. The maximum absolute atomic E-state index is 11.4. The molecule has 0 aliphatic rings. The summed E-state index contributed by atoms with van der Waals surface area (Å²) in [6, 6.07) is 6.46. The summed E-state index contributed by atoms with van der Waals surface area (Å²) in [6.45, 7) is 0.451. The van der Waals surface area contributed by atoms with Crippen molar-refractivity contribution in [2.45, 2.75) is 19.3 Å². The number of carbonyl (C=O) groups excluding carboxylic acids is 1. The molecule has 0 aromatic heterocycles. The molecule has 1 aromatic rings. The molecule has 0 radical (unpaired) electrons. The lowest BCUT2D eigenvalue weighted by Gasteiger charge is -2.07. The number of aliphatic carboxylic acids is 1. The van der Waals surface area contributed by atoms with Crippen molar-refractivity contribution in [3.63, 3.8) is 0 Å². The highest BCUT2D eigenvalue weighted by Gasteiger charge is 2.01. The Morgan fingerprint density at radius 3 is 2.44 bits per heavy atom. The molecule has 98 valence electrons. The van der Waals surface area contributed by atoms with E-state index in [0.29, 0.717) is 30.1 Å². The molecule has 0 saturated heterocycles. The smallest absolute Gasteiger partial charge is 0.319 e. The number of halogens is 1. The third-order valence-electron chi connectivity index (χ3n) is 2.21. The third-order valence-corrected chi connectivity index (χ3v) is 2.46. The fraction of sp³-hybridized carbons (Fsp3) is 0.333. The molecule has 0 unspecified atom stereocenters. The van der Waals surface area contributed by atoms with E-state index < -0.39 is 5.97 Å². The molecular formula is C12H15ClN2O3. The number of hydrogen-bond donors (Lipinski definition) is 3. The minimum Gasteiger partial charge on any atom is -0.481 e. The molecule has 0 spiro atoms. The maximum Gasteiger partial charge on any atom is 0.319 e. The van der Waals surface area contributed by atoms with Crippen molar-refractivity contribution in [2.75, 3.05) is 11.9 Å². The number of unbranched alkanes of at least 4 members (excludes halogenated alkanes) is 1. The topological polar surface area (TPSA) is 78.4 Å². The monoisotopic (exact) mass is 270 g/mol. The first-order valence-corrected chi connectivity index (χ1v) is 5.98. The van der Waals surface area contributed by atoms with Gasteiger partial charge in [-0.1, -0.05) is 11.6 Å². The Labute approximate surface area is 110 Å². The predicted molar refractivity (Wildman–Crippen MR) is 70.0 cm³/mol. The number of urea groups is 1. The van der Waals surface area contributed by atoms with Gasteiger partial charge < -0.3 is 15.7 Å². The van der Waals surface area contributed by atoms with Crippen LogP contribution in [-0.2, 0) is 4.79 Å². The Hall–Kier alpha value is -1.75.